The van der Waals surface area contributed by atoms with E-state index in [1.165, 1.54) is 18.2 Å². The van der Waals surface area contributed by atoms with Crippen LogP contribution in [0.15, 0.2) is 42.5 Å². The lowest BCUT2D eigenvalue weighted by Crippen LogP contribution is -2.36. The third-order valence-electron chi connectivity index (χ3n) is 4.46. The lowest BCUT2D eigenvalue weighted by Gasteiger charge is -2.21. The van der Waals surface area contributed by atoms with Gasteiger partial charge in [-0.3, -0.25) is 9.59 Å². The number of carbonyl (C=O) groups is 2. The number of carbonyl (C=O) groups excluding carboxylic acids is 2. The minimum Gasteiger partial charge on any atom is -0.366 e. The predicted molar refractivity (Wildman–Crippen MR) is 107 cm³/mol. The molecule has 7 heteroatoms. The highest BCUT2D eigenvalue weighted by Crippen LogP contribution is 2.17. The van der Waals surface area contributed by atoms with Gasteiger partial charge in [0.25, 0.3) is 5.91 Å². The van der Waals surface area contributed by atoms with Crippen molar-refractivity contribution in [1.82, 2.24) is 10.2 Å². The Bertz CT molecular complexity index is 882. The minimum absolute atomic E-state index is 0.0218. The second-order valence-electron chi connectivity index (χ2n) is 6.37. The molecule has 0 heterocycles. The predicted octanol–water partition coefficient (Wildman–Crippen LogP) is 2.22. The molecule has 0 spiro atoms. The summed E-state index contributed by atoms with van der Waals surface area (Å²) < 4.78 is 14.3. The maximum absolute atomic E-state index is 14.3. The van der Waals surface area contributed by atoms with Crippen molar-refractivity contribution in [3.63, 3.8) is 0 Å². The van der Waals surface area contributed by atoms with E-state index in [0.717, 1.165) is 0 Å². The third-order valence-corrected chi connectivity index (χ3v) is 4.46. The fourth-order valence-electron chi connectivity index (χ4n) is 2.93. The topological polar surface area (TPSA) is 99.3 Å². The van der Waals surface area contributed by atoms with Gasteiger partial charge >= 0.3 is 0 Å². The van der Waals surface area contributed by atoms with Crippen molar-refractivity contribution in [3.05, 3.63) is 70.5 Å². The van der Waals surface area contributed by atoms with Gasteiger partial charge in [0.15, 0.2) is 0 Å². The molecule has 0 aliphatic heterocycles. The van der Waals surface area contributed by atoms with Crippen LogP contribution in [0, 0.1) is 11.2 Å². The van der Waals surface area contributed by atoms with Crippen LogP contribution in [0.3, 0.4) is 0 Å². The van der Waals surface area contributed by atoms with E-state index < -0.39 is 11.7 Å². The molecule has 0 aliphatic carbocycles. The molecule has 0 fully saturated rings. The Hall–Kier alpha value is -3.06. The molecule has 0 bridgehead atoms. The lowest BCUT2D eigenvalue weighted by molar-refractivity contribution is 0.0761. The molecule has 2 aromatic rings. The van der Waals surface area contributed by atoms with Crippen molar-refractivity contribution in [1.29, 1.82) is 5.41 Å². The van der Waals surface area contributed by atoms with Gasteiger partial charge < -0.3 is 21.4 Å². The van der Waals surface area contributed by atoms with Gasteiger partial charge in [-0.15, -0.1) is 0 Å². The summed E-state index contributed by atoms with van der Waals surface area (Å²) in [4.78, 5) is 25.8. The van der Waals surface area contributed by atoms with Gasteiger partial charge in [-0.1, -0.05) is 24.3 Å². The molecule has 28 heavy (non-hydrogen) atoms. The molecule has 6 nitrogen and oxygen atoms in total. The van der Waals surface area contributed by atoms with Gasteiger partial charge in [0, 0.05) is 42.9 Å². The van der Waals surface area contributed by atoms with E-state index in [1.807, 2.05) is 6.92 Å². The van der Waals surface area contributed by atoms with E-state index in [1.54, 1.807) is 36.2 Å². The first kappa shape index (κ1) is 21.2. The van der Waals surface area contributed by atoms with Crippen molar-refractivity contribution in [3.8, 4) is 0 Å². The van der Waals surface area contributed by atoms with E-state index in [4.69, 9.17) is 11.1 Å². The standard InChI is InChI=1S/C21H25FN4O2/c1-3-26(11-10-25-2)21(28)17-12-14(8-9-18(17)22)13-19(23)15-6-4-5-7-16(15)20(24)27/h4-9,12,23,25H,3,10-11,13H2,1-2H3,(H2,24,27). The normalized spacial score (nSPS) is 10.5. The van der Waals surface area contributed by atoms with E-state index in [0.29, 0.717) is 30.8 Å². The zero-order valence-electron chi connectivity index (χ0n) is 16.1. The molecular weight excluding hydrogens is 359 g/mol. The molecule has 0 saturated carbocycles. The number of primary amides is 1. The Balaban J connectivity index is 2.27. The number of nitrogens with one attached hydrogen (secondary N) is 2. The smallest absolute Gasteiger partial charge is 0.256 e. The first-order valence-corrected chi connectivity index (χ1v) is 9.08. The second-order valence-corrected chi connectivity index (χ2v) is 6.37. The molecule has 2 amide bonds. The number of likely N-dealkylation sites (N-methyl/N-ethyl adjacent to an activating group) is 2. The maximum Gasteiger partial charge on any atom is 0.256 e. The summed E-state index contributed by atoms with van der Waals surface area (Å²) in [7, 11) is 1.79. The molecule has 0 saturated heterocycles. The molecular formula is C21H25FN4O2. The lowest BCUT2D eigenvalue weighted by atomic mass is 9.96. The molecule has 2 aromatic carbocycles. The fourth-order valence-corrected chi connectivity index (χ4v) is 2.93. The molecule has 4 N–H and O–H groups in total. The summed E-state index contributed by atoms with van der Waals surface area (Å²) in [6.07, 6.45) is 0.146. The molecule has 0 radical (unpaired) electrons. The fraction of sp³-hybridized carbons (Fsp3) is 0.286. The number of rotatable bonds is 9. The van der Waals surface area contributed by atoms with Gasteiger partial charge in [-0.25, -0.2) is 4.39 Å². The Morgan fingerprint density at radius 3 is 2.43 bits per heavy atom. The SMILES string of the molecule is CCN(CCNC)C(=O)c1cc(CC(=N)c2ccccc2C(N)=O)ccc1F. The highest BCUT2D eigenvalue weighted by atomic mass is 19.1. The van der Waals surface area contributed by atoms with E-state index >= 15 is 0 Å². The van der Waals surface area contributed by atoms with Gasteiger partial charge in [0.05, 0.1) is 5.56 Å². The van der Waals surface area contributed by atoms with Gasteiger partial charge in [0.1, 0.15) is 5.82 Å². The number of halogens is 1. The van der Waals surface area contributed by atoms with Crippen LogP contribution >= 0.6 is 0 Å². The first-order chi connectivity index (χ1) is 13.4. The number of nitrogens with two attached hydrogens (primary N) is 1. The van der Waals surface area contributed by atoms with Crippen LogP contribution < -0.4 is 11.1 Å². The van der Waals surface area contributed by atoms with Crippen molar-refractivity contribution in [2.45, 2.75) is 13.3 Å². The van der Waals surface area contributed by atoms with Gasteiger partial charge in [-0.05, 0) is 37.7 Å². The van der Waals surface area contributed by atoms with Crippen LogP contribution in [0.1, 0.15) is 38.8 Å². The summed E-state index contributed by atoms with van der Waals surface area (Å²) in [5.74, 6) is -1.60. The van der Waals surface area contributed by atoms with Gasteiger partial charge in [0.2, 0.25) is 5.91 Å². The Morgan fingerprint density at radius 2 is 1.82 bits per heavy atom. The van der Waals surface area contributed by atoms with Crippen LogP contribution in [0.25, 0.3) is 0 Å². The molecule has 0 unspecified atom stereocenters. The van der Waals surface area contributed by atoms with Crippen molar-refractivity contribution in [2.24, 2.45) is 5.73 Å². The van der Waals surface area contributed by atoms with Crippen molar-refractivity contribution < 1.29 is 14.0 Å². The molecule has 0 aromatic heterocycles. The second kappa shape index (κ2) is 9.75. The quantitative estimate of drug-likeness (QED) is 0.578. The molecule has 0 atom stereocenters. The summed E-state index contributed by atoms with van der Waals surface area (Å²) >= 11 is 0. The Morgan fingerprint density at radius 1 is 1.14 bits per heavy atom. The van der Waals surface area contributed by atoms with Crippen LogP contribution in [0.5, 0.6) is 0 Å². The minimum atomic E-state index is -0.613. The third kappa shape index (κ3) is 5.01. The first-order valence-electron chi connectivity index (χ1n) is 9.08. The molecule has 148 valence electrons. The average molecular weight is 384 g/mol. The largest absolute Gasteiger partial charge is 0.366 e. The van der Waals surface area contributed by atoms with Crippen molar-refractivity contribution >= 4 is 17.5 Å². The Labute approximate surface area is 164 Å². The maximum atomic E-state index is 14.3. The number of benzene rings is 2. The zero-order chi connectivity index (χ0) is 20.7. The van der Waals surface area contributed by atoms with Crippen LogP contribution in [0.4, 0.5) is 4.39 Å². The van der Waals surface area contributed by atoms with Crippen LogP contribution in [0.2, 0.25) is 0 Å². The monoisotopic (exact) mass is 384 g/mol. The zero-order valence-corrected chi connectivity index (χ0v) is 16.1. The van der Waals surface area contributed by atoms with Gasteiger partial charge in [-0.2, -0.15) is 0 Å². The average Bonchev–Trinajstić information content (AvgIpc) is 2.69. The van der Waals surface area contributed by atoms with Crippen LogP contribution in [-0.2, 0) is 6.42 Å². The highest BCUT2D eigenvalue weighted by molar-refractivity contribution is 6.09. The summed E-state index contributed by atoms with van der Waals surface area (Å²) in [6, 6.07) is 10.9. The summed E-state index contributed by atoms with van der Waals surface area (Å²) in [5.41, 5.74) is 6.82. The van der Waals surface area contributed by atoms with Crippen LogP contribution in [-0.4, -0.2) is 49.1 Å². The van der Waals surface area contributed by atoms with E-state index in [2.05, 4.69) is 5.32 Å². The van der Waals surface area contributed by atoms with Crippen molar-refractivity contribution in [2.75, 3.05) is 26.7 Å². The summed E-state index contributed by atoms with van der Waals surface area (Å²) in [6.45, 7) is 3.38. The van der Waals surface area contributed by atoms with E-state index in [-0.39, 0.29) is 29.2 Å². The Kier molecular flexibility index (Phi) is 7.40. The number of amides is 2. The number of nitrogens with zero attached hydrogens (tertiary/aromatic N) is 1. The van der Waals surface area contributed by atoms with E-state index in [9.17, 15) is 14.0 Å². The number of hydrogen-bond donors (Lipinski definition) is 3. The molecule has 2 rings (SSSR count). The highest BCUT2D eigenvalue weighted by Gasteiger charge is 2.19. The molecule has 0 aliphatic rings. The number of hydrogen-bond acceptors (Lipinski definition) is 4. The summed E-state index contributed by atoms with van der Waals surface area (Å²) in [5, 5.41) is 11.3.